The van der Waals surface area contributed by atoms with Crippen molar-refractivity contribution in [2.24, 2.45) is 5.41 Å². The number of ether oxygens (including phenoxy) is 1. The predicted octanol–water partition coefficient (Wildman–Crippen LogP) is 1.07. The minimum absolute atomic E-state index is 0.00603. The van der Waals surface area contributed by atoms with Gasteiger partial charge in [-0.1, -0.05) is 13.8 Å². The normalized spacial score (nSPS) is 36.4. The Labute approximate surface area is 120 Å². The van der Waals surface area contributed by atoms with E-state index in [0.717, 1.165) is 25.9 Å². The second-order valence-corrected chi connectivity index (χ2v) is 6.81. The Morgan fingerprint density at radius 2 is 2.05 bits per heavy atom. The smallest absolute Gasteiger partial charge is 0.247 e. The second kappa shape index (κ2) is 4.81. The number of likely N-dealkylation sites (tertiary alicyclic amines) is 1. The van der Waals surface area contributed by atoms with E-state index in [1.54, 1.807) is 0 Å². The maximum atomic E-state index is 12.3. The van der Waals surface area contributed by atoms with Crippen molar-refractivity contribution in [2.75, 3.05) is 6.61 Å². The van der Waals surface area contributed by atoms with Crippen molar-refractivity contribution in [1.29, 1.82) is 0 Å². The highest BCUT2D eigenvalue weighted by Crippen LogP contribution is 2.43. The monoisotopic (exact) mass is 280 g/mol. The zero-order valence-electron chi connectivity index (χ0n) is 12.5. The van der Waals surface area contributed by atoms with Gasteiger partial charge in [0.05, 0.1) is 18.6 Å². The predicted molar refractivity (Wildman–Crippen MR) is 74.0 cm³/mol. The third kappa shape index (κ3) is 2.17. The zero-order valence-corrected chi connectivity index (χ0v) is 12.5. The Morgan fingerprint density at radius 3 is 2.60 bits per heavy atom. The number of rotatable bonds is 5. The fraction of sp³-hybridized carbons (Fsp3) is 0.867. The molecule has 20 heavy (non-hydrogen) atoms. The fourth-order valence-corrected chi connectivity index (χ4v) is 3.39. The molecule has 1 N–H and O–H groups in total. The first-order valence-electron chi connectivity index (χ1n) is 7.68. The number of carbonyl (C=O) groups is 2. The lowest BCUT2D eigenvalue weighted by molar-refractivity contribution is -0.141. The van der Waals surface area contributed by atoms with Crippen molar-refractivity contribution in [3.63, 3.8) is 0 Å². The molecule has 2 aliphatic carbocycles. The molecule has 0 aromatic heterocycles. The molecule has 3 unspecified atom stereocenters. The molecule has 5 heteroatoms. The van der Waals surface area contributed by atoms with Gasteiger partial charge in [-0.25, -0.2) is 0 Å². The molecule has 0 radical (unpaired) electrons. The van der Waals surface area contributed by atoms with Crippen molar-refractivity contribution in [1.82, 2.24) is 10.2 Å². The molecule has 5 nitrogen and oxygen atoms in total. The summed E-state index contributed by atoms with van der Waals surface area (Å²) in [6, 6.07) is 0.113. The number of carbonyl (C=O) groups excluding carboxylic acids is 2. The quantitative estimate of drug-likeness (QED) is 0.765. The summed E-state index contributed by atoms with van der Waals surface area (Å²) in [5.41, 5.74) is 0.0202. The Hall–Kier alpha value is -0.940. The number of hydrogen-bond acceptors (Lipinski definition) is 4. The number of nitrogens with zero attached hydrogens (tertiary/aromatic N) is 1. The summed E-state index contributed by atoms with van der Waals surface area (Å²) in [4.78, 5) is 25.7. The largest absolute Gasteiger partial charge is 0.378 e. The molecule has 0 aromatic rings. The van der Waals surface area contributed by atoms with Gasteiger partial charge in [-0.3, -0.25) is 14.5 Å². The number of imide groups is 1. The van der Waals surface area contributed by atoms with Gasteiger partial charge < -0.3 is 10.1 Å². The summed E-state index contributed by atoms with van der Waals surface area (Å²) in [6.07, 6.45) is 3.44. The average Bonchev–Trinajstić information content (AvgIpc) is 3.16. The number of nitrogens with one attached hydrogen (secondary N) is 1. The number of amides is 2. The molecule has 2 amide bonds. The summed E-state index contributed by atoms with van der Waals surface area (Å²) in [5.74, 6) is -0.0263. The van der Waals surface area contributed by atoms with Crippen molar-refractivity contribution in [2.45, 2.75) is 70.7 Å². The molecular formula is C15H24N2O3. The third-order valence-corrected chi connectivity index (χ3v) is 5.04. The molecule has 3 fully saturated rings. The van der Waals surface area contributed by atoms with Crippen LogP contribution >= 0.6 is 0 Å². The second-order valence-electron chi connectivity index (χ2n) is 6.81. The van der Waals surface area contributed by atoms with Crippen molar-refractivity contribution in [3.8, 4) is 0 Å². The molecule has 3 atom stereocenters. The molecule has 2 saturated carbocycles. The highest BCUT2D eigenvalue weighted by Gasteiger charge is 2.52. The topological polar surface area (TPSA) is 58.6 Å². The van der Waals surface area contributed by atoms with E-state index in [2.05, 4.69) is 19.2 Å². The lowest BCUT2D eigenvalue weighted by Crippen LogP contribution is -2.63. The molecule has 1 aliphatic heterocycles. The van der Waals surface area contributed by atoms with E-state index in [9.17, 15) is 9.59 Å². The summed E-state index contributed by atoms with van der Waals surface area (Å²) in [5, 5.41) is 3.39. The molecule has 0 aromatic carbocycles. The average molecular weight is 280 g/mol. The first-order valence-corrected chi connectivity index (χ1v) is 7.68. The highest BCUT2D eigenvalue weighted by molar-refractivity contribution is 6.06. The van der Waals surface area contributed by atoms with Gasteiger partial charge in [0.15, 0.2) is 0 Å². The Balaban J connectivity index is 1.59. The van der Waals surface area contributed by atoms with E-state index in [4.69, 9.17) is 4.74 Å². The van der Waals surface area contributed by atoms with Gasteiger partial charge in [0.25, 0.3) is 0 Å². The van der Waals surface area contributed by atoms with Crippen LogP contribution in [-0.4, -0.2) is 47.6 Å². The van der Waals surface area contributed by atoms with Crippen LogP contribution in [0.25, 0.3) is 0 Å². The van der Waals surface area contributed by atoms with Crippen LogP contribution in [0.3, 0.4) is 0 Å². The van der Waals surface area contributed by atoms with E-state index < -0.39 is 0 Å². The molecule has 112 valence electrons. The Morgan fingerprint density at radius 1 is 1.35 bits per heavy atom. The lowest BCUT2D eigenvalue weighted by atomic mass is 9.64. The van der Waals surface area contributed by atoms with Gasteiger partial charge in [0.2, 0.25) is 11.8 Å². The van der Waals surface area contributed by atoms with Gasteiger partial charge in [0, 0.05) is 24.1 Å². The zero-order chi connectivity index (χ0) is 14.5. The summed E-state index contributed by atoms with van der Waals surface area (Å²) in [6.45, 7) is 7.05. The van der Waals surface area contributed by atoms with E-state index in [1.165, 1.54) is 4.90 Å². The van der Waals surface area contributed by atoms with E-state index in [0.29, 0.717) is 6.42 Å². The summed E-state index contributed by atoms with van der Waals surface area (Å²) >= 11 is 0. The first-order chi connectivity index (χ1) is 9.45. The minimum Gasteiger partial charge on any atom is -0.378 e. The molecule has 0 spiro atoms. The van der Waals surface area contributed by atoms with E-state index >= 15 is 0 Å². The maximum absolute atomic E-state index is 12.3. The van der Waals surface area contributed by atoms with Crippen LogP contribution in [0.5, 0.6) is 0 Å². The summed E-state index contributed by atoms with van der Waals surface area (Å²) < 4.78 is 5.70. The van der Waals surface area contributed by atoms with Gasteiger partial charge in [-0.05, 0) is 26.2 Å². The minimum atomic E-state index is -0.324. The van der Waals surface area contributed by atoms with Crippen molar-refractivity contribution >= 4 is 11.8 Å². The third-order valence-electron chi connectivity index (χ3n) is 5.04. The Kier molecular flexibility index (Phi) is 3.37. The molecule has 3 aliphatic rings. The summed E-state index contributed by atoms with van der Waals surface area (Å²) in [7, 11) is 0. The first kappa shape index (κ1) is 14.0. The van der Waals surface area contributed by atoms with E-state index in [-0.39, 0.29) is 41.5 Å². The van der Waals surface area contributed by atoms with Crippen molar-refractivity contribution < 1.29 is 14.3 Å². The molecule has 0 bridgehead atoms. The highest BCUT2D eigenvalue weighted by atomic mass is 16.5. The maximum Gasteiger partial charge on any atom is 0.247 e. The van der Waals surface area contributed by atoms with Crippen LogP contribution in [-0.2, 0) is 14.3 Å². The molecule has 1 saturated heterocycles. The molecule has 1 heterocycles. The molecule has 3 rings (SSSR count). The van der Waals surface area contributed by atoms with Crippen LogP contribution in [0.1, 0.15) is 46.5 Å². The van der Waals surface area contributed by atoms with Crippen LogP contribution in [0.2, 0.25) is 0 Å². The number of hydrogen-bond donors (Lipinski definition) is 1. The van der Waals surface area contributed by atoms with Crippen LogP contribution in [0.4, 0.5) is 0 Å². The SMILES string of the molecule is CCOC1CC(NC2CC(=O)N(C3CC3)C2=O)C1(C)C. The van der Waals surface area contributed by atoms with E-state index in [1.807, 2.05) is 6.92 Å². The van der Waals surface area contributed by atoms with Crippen LogP contribution in [0.15, 0.2) is 0 Å². The Bertz CT molecular complexity index is 431. The standard InChI is InChI=1S/C15H24N2O3/c1-4-20-12-8-11(15(12,2)3)16-10-7-13(18)17(14(10)19)9-5-6-9/h9-12,16H,4-8H2,1-3H3. The van der Waals surface area contributed by atoms with Crippen LogP contribution < -0.4 is 5.32 Å². The molecular weight excluding hydrogens is 256 g/mol. The lowest BCUT2D eigenvalue weighted by Gasteiger charge is -2.52. The van der Waals surface area contributed by atoms with Crippen molar-refractivity contribution in [3.05, 3.63) is 0 Å². The van der Waals surface area contributed by atoms with Gasteiger partial charge in [-0.15, -0.1) is 0 Å². The van der Waals surface area contributed by atoms with Crippen LogP contribution in [0, 0.1) is 5.41 Å². The van der Waals surface area contributed by atoms with Gasteiger partial charge >= 0.3 is 0 Å². The fourth-order valence-electron chi connectivity index (χ4n) is 3.39. The van der Waals surface area contributed by atoms with Gasteiger partial charge in [-0.2, -0.15) is 0 Å². The van der Waals surface area contributed by atoms with Gasteiger partial charge in [0.1, 0.15) is 0 Å².